The molecule has 0 atom stereocenters. The average molecular weight is 828 g/mol. The molecular formula is C48H47BrN2O6. The Balaban J connectivity index is 0.000000160. The molecule has 8 nitrogen and oxygen atoms in total. The third-order valence-corrected chi connectivity index (χ3v) is 10.2. The monoisotopic (exact) mass is 826 g/mol. The summed E-state index contributed by atoms with van der Waals surface area (Å²) < 4.78 is 22.2. The van der Waals surface area contributed by atoms with Gasteiger partial charge in [-0.3, -0.25) is 0 Å². The molecular weight excluding hydrogens is 780 g/mol. The highest BCUT2D eigenvalue weighted by atomic mass is 79.9. The maximum atomic E-state index is 12.1. The summed E-state index contributed by atoms with van der Waals surface area (Å²) in [6.07, 6.45) is 4.49. The summed E-state index contributed by atoms with van der Waals surface area (Å²) in [7, 11) is 0. The fourth-order valence-electron chi connectivity index (χ4n) is 6.58. The van der Waals surface area contributed by atoms with Crippen LogP contribution < -0.4 is 9.80 Å². The van der Waals surface area contributed by atoms with Crippen molar-refractivity contribution in [1.82, 2.24) is 0 Å². The average Bonchev–Trinajstić information content (AvgIpc) is 3.28. The molecule has 2 aliphatic heterocycles. The van der Waals surface area contributed by atoms with E-state index in [0.29, 0.717) is 6.61 Å². The van der Waals surface area contributed by atoms with Gasteiger partial charge in [0, 0.05) is 65.0 Å². The highest BCUT2D eigenvalue weighted by molar-refractivity contribution is 9.10. The molecule has 0 bridgehead atoms. The Morgan fingerprint density at radius 2 is 1.00 bits per heavy atom. The van der Waals surface area contributed by atoms with Gasteiger partial charge in [-0.15, -0.1) is 0 Å². The molecule has 57 heavy (non-hydrogen) atoms. The number of morpholine rings is 2. The zero-order valence-corrected chi connectivity index (χ0v) is 33.5. The molecule has 292 valence electrons. The number of esters is 2. The van der Waals surface area contributed by atoms with Gasteiger partial charge < -0.3 is 28.7 Å². The van der Waals surface area contributed by atoms with Gasteiger partial charge in [0.05, 0.1) is 26.4 Å². The lowest BCUT2D eigenvalue weighted by Crippen LogP contribution is -2.36. The molecule has 0 aliphatic carbocycles. The SMILES string of the molecule is Brc1ccc(N2CCOCC2)c2ccccc12.C=CC(=O)OCc1ccccc1.O=C(/C=C/c1ccc(N2CCOCC2)c2ccccc12)OCc1ccccc1. The van der Waals surface area contributed by atoms with Crippen molar-refractivity contribution in [2.45, 2.75) is 13.2 Å². The normalized spacial score (nSPS) is 13.9. The van der Waals surface area contributed by atoms with Gasteiger partial charge >= 0.3 is 11.9 Å². The summed E-state index contributed by atoms with van der Waals surface area (Å²) >= 11 is 3.61. The third kappa shape index (κ3) is 11.9. The van der Waals surface area contributed by atoms with Crippen LogP contribution in [0.2, 0.25) is 0 Å². The summed E-state index contributed by atoms with van der Waals surface area (Å²) in [5.41, 5.74) is 5.48. The molecule has 6 aromatic rings. The zero-order chi connectivity index (χ0) is 39.7. The number of carbonyl (C=O) groups excluding carboxylic acids is 2. The fraction of sp³-hybridized carbons (Fsp3) is 0.208. The van der Waals surface area contributed by atoms with E-state index < -0.39 is 0 Å². The van der Waals surface area contributed by atoms with E-state index in [0.717, 1.165) is 85.2 Å². The first-order valence-corrected chi connectivity index (χ1v) is 19.9. The van der Waals surface area contributed by atoms with Crippen molar-refractivity contribution in [3.8, 4) is 0 Å². The number of hydrogen-bond donors (Lipinski definition) is 0. The molecule has 0 radical (unpaired) electrons. The van der Waals surface area contributed by atoms with Gasteiger partial charge in [0.1, 0.15) is 13.2 Å². The highest BCUT2D eigenvalue weighted by Crippen LogP contribution is 2.33. The van der Waals surface area contributed by atoms with Crippen molar-refractivity contribution in [3.05, 3.63) is 173 Å². The Morgan fingerprint density at radius 3 is 1.53 bits per heavy atom. The number of halogens is 1. The van der Waals surface area contributed by atoms with Crippen molar-refractivity contribution >= 4 is 66.9 Å². The molecule has 2 fully saturated rings. The lowest BCUT2D eigenvalue weighted by molar-refractivity contribution is -0.139. The van der Waals surface area contributed by atoms with Crippen molar-refractivity contribution in [3.63, 3.8) is 0 Å². The smallest absolute Gasteiger partial charge is 0.331 e. The number of carbonyl (C=O) groups is 2. The Kier molecular flexibility index (Phi) is 15.5. The molecule has 9 heteroatoms. The number of rotatable bonds is 9. The van der Waals surface area contributed by atoms with E-state index in [2.05, 4.69) is 93.0 Å². The van der Waals surface area contributed by atoms with Crippen LogP contribution in [-0.2, 0) is 41.8 Å². The molecule has 0 N–H and O–H groups in total. The van der Waals surface area contributed by atoms with Crippen molar-refractivity contribution in [1.29, 1.82) is 0 Å². The van der Waals surface area contributed by atoms with E-state index in [4.69, 9.17) is 18.9 Å². The summed E-state index contributed by atoms with van der Waals surface area (Å²) in [5.74, 6) is -0.732. The molecule has 2 saturated heterocycles. The second-order valence-electron chi connectivity index (χ2n) is 13.3. The van der Waals surface area contributed by atoms with Crippen LogP contribution in [0, 0.1) is 0 Å². The van der Waals surface area contributed by atoms with Gasteiger partial charge in [0.25, 0.3) is 0 Å². The van der Waals surface area contributed by atoms with Gasteiger partial charge in [0.15, 0.2) is 0 Å². The number of fused-ring (bicyclic) bond motifs is 2. The summed E-state index contributed by atoms with van der Waals surface area (Å²) in [6.45, 7) is 10.8. The lowest BCUT2D eigenvalue weighted by Gasteiger charge is -2.30. The minimum Gasteiger partial charge on any atom is -0.458 e. The van der Waals surface area contributed by atoms with Gasteiger partial charge in [-0.05, 0) is 51.7 Å². The summed E-state index contributed by atoms with van der Waals surface area (Å²) in [4.78, 5) is 27.5. The van der Waals surface area contributed by atoms with Crippen LogP contribution in [0.25, 0.3) is 27.6 Å². The Bertz CT molecular complexity index is 2250. The molecule has 6 aromatic carbocycles. The van der Waals surface area contributed by atoms with E-state index in [1.807, 2.05) is 78.9 Å². The van der Waals surface area contributed by atoms with Gasteiger partial charge in [-0.1, -0.05) is 138 Å². The number of nitrogens with zero attached hydrogens (tertiary/aromatic N) is 2. The number of ether oxygens (including phenoxy) is 4. The van der Waals surface area contributed by atoms with Crippen LogP contribution in [0.4, 0.5) is 11.4 Å². The van der Waals surface area contributed by atoms with E-state index in [-0.39, 0.29) is 18.5 Å². The minimum absolute atomic E-state index is 0.279. The summed E-state index contributed by atoms with van der Waals surface area (Å²) in [5, 5.41) is 4.89. The molecule has 0 unspecified atom stereocenters. The first-order chi connectivity index (χ1) is 28.0. The van der Waals surface area contributed by atoms with E-state index in [1.165, 1.54) is 33.6 Å². The van der Waals surface area contributed by atoms with Crippen molar-refractivity contribution < 1.29 is 28.5 Å². The second-order valence-corrected chi connectivity index (χ2v) is 14.1. The zero-order valence-electron chi connectivity index (χ0n) is 31.9. The highest BCUT2D eigenvalue weighted by Gasteiger charge is 2.16. The topological polar surface area (TPSA) is 77.5 Å². The molecule has 0 spiro atoms. The minimum atomic E-state index is -0.390. The second kappa shape index (κ2) is 21.5. The molecule has 0 saturated carbocycles. The van der Waals surface area contributed by atoms with E-state index in [1.54, 1.807) is 0 Å². The fourth-order valence-corrected chi connectivity index (χ4v) is 7.06. The van der Waals surface area contributed by atoms with Crippen LogP contribution in [0.5, 0.6) is 0 Å². The molecule has 2 heterocycles. The quantitative estimate of drug-likeness (QED) is 0.105. The Morgan fingerprint density at radius 1 is 0.561 bits per heavy atom. The largest absolute Gasteiger partial charge is 0.458 e. The van der Waals surface area contributed by atoms with Crippen LogP contribution in [0.3, 0.4) is 0 Å². The Hall–Kier alpha value is -5.74. The van der Waals surface area contributed by atoms with Crippen LogP contribution in [0.15, 0.2) is 157 Å². The Labute approximate surface area is 343 Å². The van der Waals surface area contributed by atoms with Crippen molar-refractivity contribution in [2.24, 2.45) is 0 Å². The lowest BCUT2D eigenvalue weighted by atomic mass is 10.0. The maximum Gasteiger partial charge on any atom is 0.331 e. The predicted octanol–water partition coefficient (Wildman–Crippen LogP) is 9.79. The molecule has 0 amide bonds. The molecule has 2 aliphatic rings. The van der Waals surface area contributed by atoms with E-state index in [9.17, 15) is 9.59 Å². The van der Waals surface area contributed by atoms with Crippen molar-refractivity contribution in [2.75, 3.05) is 62.4 Å². The number of anilines is 2. The van der Waals surface area contributed by atoms with Gasteiger partial charge in [-0.2, -0.15) is 0 Å². The van der Waals surface area contributed by atoms with Gasteiger partial charge in [-0.25, -0.2) is 9.59 Å². The predicted molar refractivity (Wildman–Crippen MR) is 233 cm³/mol. The van der Waals surface area contributed by atoms with E-state index >= 15 is 0 Å². The number of hydrogen-bond acceptors (Lipinski definition) is 8. The molecule has 8 rings (SSSR count). The van der Waals surface area contributed by atoms with Crippen LogP contribution >= 0.6 is 15.9 Å². The molecule has 0 aromatic heterocycles. The standard InChI is InChI=1S/C24H23NO3.C14H14BrNO.C10H10O2/c26-24(28-18-19-6-2-1-3-7-19)13-11-20-10-12-23(25-14-16-27-17-15-25)22-9-5-4-8-21(20)22;15-13-5-6-14(16-7-9-17-10-8-16)12-4-2-1-3-11(12)13;1-2-10(11)12-8-9-6-4-3-5-7-9/h1-13H,14-18H2;1-6H,7-10H2;2-7H,1,8H2/b13-11+;;. The van der Waals surface area contributed by atoms with Crippen LogP contribution in [-0.4, -0.2) is 64.5 Å². The first kappa shape index (κ1) is 40.9. The summed E-state index contributed by atoms with van der Waals surface area (Å²) in [6, 6.07) is 44.5. The first-order valence-electron chi connectivity index (χ1n) is 19.1. The number of benzene rings is 6. The van der Waals surface area contributed by atoms with Crippen LogP contribution in [0.1, 0.15) is 16.7 Å². The van der Waals surface area contributed by atoms with Gasteiger partial charge in [0.2, 0.25) is 0 Å². The third-order valence-electron chi connectivity index (χ3n) is 9.50. The maximum absolute atomic E-state index is 12.1.